The SMILES string of the molecule is COc1cc(C=Cc2cccc[n+]2CCCSc2cccc[n+]2C)cc(OC)c1OC. The first-order valence-corrected chi connectivity index (χ1v) is 11.2. The summed E-state index contributed by atoms with van der Waals surface area (Å²) >= 11 is 1.89. The third-order valence-corrected chi connectivity index (χ3v) is 6.12. The Labute approximate surface area is 188 Å². The predicted molar refractivity (Wildman–Crippen MR) is 125 cm³/mol. The summed E-state index contributed by atoms with van der Waals surface area (Å²) in [5, 5.41) is 1.28. The summed E-state index contributed by atoms with van der Waals surface area (Å²) in [7, 11) is 6.95. The van der Waals surface area contributed by atoms with Crippen LogP contribution in [0.4, 0.5) is 0 Å². The first kappa shape index (κ1) is 22.7. The van der Waals surface area contributed by atoms with Crippen LogP contribution in [0.1, 0.15) is 17.7 Å². The van der Waals surface area contributed by atoms with Crippen molar-refractivity contribution in [3.8, 4) is 17.2 Å². The van der Waals surface area contributed by atoms with E-state index in [9.17, 15) is 0 Å². The number of thioether (sulfide) groups is 1. The number of rotatable bonds is 10. The average molecular weight is 439 g/mol. The third-order valence-electron chi connectivity index (χ3n) is 4.91. The summed E-state index contributed by atoms with van der Waals surface area (Å²) in [6.45, 7) is 0.958. The fraction of sp³-hybridized carbons (Fsp3) is 0.280. The van der Waals surface area contributed by atoms with Gasteiger partial charge < -0.3 is 14.2 Å². The lowest BCUT2D eigenvalue weighted by Gasteiger charge is -2.12. The Bertz CT molecular complexity index is 1010. The zero-order chi connectivity index (χ0) is 22.1. The molecular weight excluding hydrogens is 408 g/mol. The van der Waals surface area contributed by atoms with Gasteiger partial charge in [-0.2, -0.15) is 9.13 Å². The highest BCUT2D eigenvalue weighted by molar-refractivity contribution is 7.99. The second kappa shape index (κ2) is 11.4. The lowest BCUT2D eigenvalue weighted by molar-refractivity contribution is -0.708. The highest BCUT2D eigenvalue weighted by atomic mass is 32.2. The molecule has 0 fully saturated rings. The predicted octanol–water partition coefficient (Wildman–Crippen LogP) is 4.18. The number of hydrogen-bond donors (Lipinski definition) is 0. The number of ether oxygens (including phenoxy) is 3. The zero-order valence-electron chi connectivity index (χ0n) is 18.6. The van der Waals surface area contributed by atoms with E-state index >= 15 is 0 Å². The highest BCUT2D eigenvalue weighted by Gasteiger charge is 2.13. The van der Waals surface area contributed by atoms with Crippen LogP contribution in [-0.2, 0) is 13.6 Å². The standard InChI is InChI=1S/C25H30N2O3S/c1-26-14-7-6-11-24(26)31-17-9-16-27-15-8-5-10-21(27)13-12-20-18-22(28-2)25(30-4)23(19-20)29-3/h5-8,10-15,18-19H,9,16-17H2,1-4H3/q+2. The van der Waals surface area contributed by atoms with Gasteiger partial charge in [-0.25, -0.2) is 0 Å². The summed E-state index contributed by atoms with van der Waals surface area (Å²) < 4.78 is 20.8. The van der Waals surface area contributed by atoms with Crippen molar-refractivity contribution < 1.29 is 23.3 Å². The Morgan fingerprint density at radius 1 is 0.871 bits per heavy atom. The molecule has 6 heteroatoms. The van der Waals surface area contributed by atoms with Crippen molar-refractivity contribution in [3.63, 3.8) is 0 Å². The van der Waals surface area contributed by atoms with E-state index in [0.717, 1.165) is 30.0 Å². The van der Waals surface area contributed by atoms with Crippen LogP contribution in [0.15, 0.2) is 66.0 Å². The van der Waals surface area contributed by atoms with Crippen LogP contribution in [0.5, 0.6) is 17.2 Å². The summed E-state index contributed by atoms with van der Waals surface area (Å²) in [5.41, 5.74) is 2.13. The number of aromatic nitrogens is 2. The fourth-order valence-electron chi connectivity index (χ4n) is 3.29. The molecule has 3 rings (SSSR count). The molecule has 0 atom stereocenters. The molecule has 5 nitrogen and oxygen atoms in total. The van der Waals surface area contributed by atoms with Crippen molar-refractivity contribution in [1.29, 1.82) is 0 Å². The van der Waals surface area contributed by atoms with Crippen molar-refractivity contribution in [2.24, 2.45) is 7.05 Å². The van der Waals surface area contributed by atoms with Gasteiger partial charge in [-0.05, 0) is 35.9 Å². The smallest absolute Gasteiger partial charge is 0.239 e. The maximum atomic E-state index is 5.46. The molecular formula is C25H30N2O3S+2. The molecule has 0 aliphatic heterocycles. The quantitative estimate of drug-likeness (QED) is 0.270. The van der Waals surface area contributed by atoms with E-state index in [2.05, 4.69) is 77.1 Å². The van der Waals surface area contributed by atoms with Gasteiger partial charge in [0.15, 0.2) is 23.9 Å². The molecule has 0 N–H and O–H groups in total. The minimum atomic E-state index is 0.598. The zero-order valence-corrected chi connectivity index (χ0v) is 19.4. The Kier molecular flexibility index (Phi) is 8.35. The largest absolute Gasteiger partial charge is 0.493 e. The van der Waals surface area contributed by atoms with Crippen LogP contribution in [0.2, 0.25) is 0 Å². The van der Waals surface area contributed by atoms with Crippen LogP contribution in [-0.4, -0.2) is 27.1 Å². The van der Waals surface area contributed by atoms with Gasteiger partial charge in [0.1, 0.15) is 13.6 Å². The normalized spacial score (nSPS) is 11.0. The maximum Gasteiger partial charge on any atom is 0.239 e. The van der Waals surface area contributed by atoms with Crippen molar-refractivity contribution in [2.45, 2.75) is 18.0 Å². The molecule has 0 saturated carbocycles. The lowest BCUT2D eigenvalue weighted by atomic mass is 10.1. The molecule has 0 saturated heterocycles. The van der Waals surface area contributed by atoms with Crippen LogP contribution in [0.25, 0.3) is 12.2 Å². The molecule has 162 valence electrons. The minimum Gasteiger partial charge on any atom is -0.493 e. The molecule has 0 spiro atoms. The Morgan fingerprint density at radius 3 is 2.26 bits per heavy atom. The van der Waals surface area contributed by atoms with E-state index in [0.29, 0.717) is 17.2 Å². The summed E-state index contributed by atoms with van der Waals surface area (Å²) in [5.74, 6) is 2.96. The molecule has 2 heterocycles. The summed E-state index contributed by atoms with van der Waals surface area (Å²) in [6, 6.07) is 16.4. The highest BCUT2D eigenvalue weighted by Crippen LogP contribution is 2.38. The first-order chi connectivity index (χ1) is 15.2. The van der Waals surface area contributed by atoms with Gasteiger partial charge in [0.2, 0.25) is 16.5 Å². The van der Waals surface area contributed by atoms with E-state index < -0.39 is 0 Å². The number of nitrogens with zero attached hydrogens (tertiary/aromatic N) is 2. The Balaban J connectivity index is 1.69. The van der Waals surface area contributed by atoms with E-state index in [1.807, 2.05) is 23.9 Å². The number of hydrogen-bond acceptors (Lipinski definition) is 4. The lowest BCUT2D eigenvalue weighted by Crippen LogP contribution is -2.36. The Hall–Kier alpha value is -2.99. The van der Waals surface area contributed by atoms with Gasteiger partial charge in [-0.15, -0.1) is 0 Å². The number of methoxy groups -OCH3 is 3. The van der Waals surface area contributed by atoms with Gasteiger partial charge >= 0.3 is 0 Å². The number of benzene rings is 1. The molecule has 0 unspecified atom stereocenters. The summed E-state index contributed by atoms with van der Waals surface area (Å²) in [4.78, 5) is 0. The van der Waals surface area contributed by atoms with Gasteiger partial charge in [0.25, 0.3) is 0 Å². The molecule has 0 amide bonds. The van der Waals surface area contributed by atoms with E-state index in [-0.39, 0.29) is 0 Å². The van der Waals surface area contributed by atoms with Crippen molar-refractivity contribution >= 4 is 23.9 Å². The number of pyridine rings is 2. The monoisotopic (exact) mass is 438 g/mol. The maximum absolute atomic E-state index is 5.46. The molecule has 0 aliphatic rings. The summed E-state index contributed by atoms with van der Waals surface area (Å²) in [6.07, 6.45) is 9.47. The molecule has 0 radical (unpaired) electrons. The molecule has 0 bridgehead atoms. The van der Waals surface area contributed by atoms with Crippen LogP contribution >= 0.6 is 11.8 Å². The molecule has 31 heavy (non-hydrogen) atoms. The fourth-order valence-corrected chi connectivity index (χ4v) is 4.21. The van der Waals surface area contributed by atoms with Crippen molar-refractivity contribution in [2.75, 3.05) is 27.1 Å². The minimum absolute atomic E-state index is 0.598. The van der Waals surface area contributed by atoms with Crippen LogP contribution in [0.3, 0.4) is 0 Å². The van der Waals surface area contributed by atoms with Gasteiger partial charge in [0, 0.05) is 42.5 Å². The van der Waals surface area contributed by atoms with Crippen LogP contribution in [0, 0.1) is 0 Å². The second-order valence-corrected chi connectivity index (χ2v) is 8.08. The average Bonchev–Trinajstić information content (AvgIpc) is 2.81. The third kappa shape index (κ3) is 6.01. The van der Waals surface area contributed by atoms with Crippen LogP contribution < -0.4 is 23.3 Å². The molecule has 3 aromatic rings. The van der Waals surface area contributed by atoms with E-state index in [1.165, 1.54) is 5.03 Å². The van der Waals surface area contributed by atoms with Gasteiger partial charge in [-0.3, -0.25) is 0 Å². The first-order valence-electron chi connectivity index (χ1n) is 10.2. The molecule has 0 aliphatic carbocycles. The van der Waals surface area contributed by atoms with Crippen molar-refractivity contribution in [1.82, 2.24) is 0 Å². The van der Waals surface area contributed by atoms with Gasteiger partial charge in [0.05, 0.1) is 21.3 Å². The van der Waals surface area contributed by atoms with Crippen molar-refractivity contribution in [3.05, 3.63) is 72.2 Å². The molecule has 2 aromatic heterocycles. The van der Waals surface area contributed by atoms with E-state index in [1.54, 1.807) is 21.3 Å². The molecule has 1 aromatic carbocycles. The second-order valence-electron chi connectivity index (χ2n) is 6.96. The topological polar surface area (TPSA) is 35.5 Å². The van der Waals surface area contributed by atoms with E-state index in [4.69, 9.17) is 14.2 Å². The number of aryl methyl sites for hydroxylation is 2. The Morgan fingerprint density at radius 2 is 1.58 bits per heavy atom. The van der Waals surface area contributed by atoms with Gasteiger partial charge in [-0.1, -0.05) is 11.8 Å².